The van der Waals surface area contributed by atoms with E-state index < -0.39 is 0 Å². The lowest BCUT2D eigenvalue weighted by Crippen LogP contribution is -2.27. The van der Waals surface area contributed by atoms with Crippen LogP contribution in [0.1, 0.15) is 32.1 Å². The number of hydrogen-bond donors (Lipinski definition) is 0. The summed E-state index contributed by atoms with van der Waals surface area (Å²) in [5, 5.41) is 0. The summed E-state index contributed by atoms with van der Waals surface area (Å²) < 4.78 is 6.71. The van der Waals surface area contributed by atoms with E-state index in [2.05, 4.69) is 4.90 Å². The van der Waals surface area contributed by atoms with Crippen LogP contribution in [0.5, 0.6) is 0 Å². The van der Waals surface area contributed by atoms with Crippen LogP contribution in [0, 0.1) is 0 Å². The summed E-state index contributed by atoms with van der Waals surface area (Å²) in [6.45, 7) is 3.22. The molecule has 0 aromatic carbocycles. The van der Waals surface area contributed by atoms with Crippen molar-refractivity contribution in [3.8, 4) is 0 Å². The molecule has 0 aromatic heterocycles. The smallest absolute Gasteiger partial charge is 0.138 e. The Labute approximate surface area is 95.4 Å². The van der Waals surface area contributed by atoms with Crippen LogP contribution in [0.2, 0.25) is 0 Å². The first-order valence-electron chi connectivity index (χ1n) is 5.43. The lowest BCUT2D eigenvalue weighted by Gasteiger charge is -2.25. The Hall–Kier alpha value is 0.200. The zero-order valence-electron chi connectivity index (χ0n) is 8.41. The highest BCUT2D eigenvalue weighted by molar-refractivity contribution is 8.23. The van der Waals surface area contributed by atoms with Gasteiger partial charge in [0.1, 0.15) is 9.76 Å². The summed E-state index contributed by atoms with van der Waals surface area (Å²) in [5.74, 6) is 0. The van der Waals surface area contributed by atoms with Gasteiger partial charge in [-0.15, -0.1) is 0 Å². The second-order valence-corrected chi connectivity index (χ2v) is 5.67. The van der Waals surface area contributed by atoms with E-state index in [1.807, 2.05) is 0 Å². The van der Waals surface area contributed by atoms with Crippen molar-refractivity contribution in [1.82, 2.24) is 4.90 Å². The molecule has 2 nitrogen and oxygen atoms in total. The Kier molecular flexibility index (Phi) is 4.08. The molecule has 2 aliphatic heterocycles. The van der Waals surface area contributed by atoms with Crippen LogP contribution in [0.15, 0.2) is 0 Å². The van der Waals surface area contributed by atoms with E-state index in [0.29, 0.717) is 5.44 Å². The van der Waals surface area contributed by atoms with Crippen molar-refractivity contribution in [3.63, 3.8) is 0 Å². The van der Waals surface area contributed by atoms with Crippen molar-refractivity contribution in [3.05, 3.63) is 0 Å². The molecule has 0 bridgehead atoms. The Balaban J connectivity index is 1.75. The average Bonchev–Trinajstić information content (AvgIpc) is 2.72. The van der Waals surface area contributed by atoms with E-state index in [-0.39, 0.29) is 0 Å². The topological polar surface area (TPSA) is 12.5 Å². The molecule has 2 fully saturated rings. The zero-order chi connectivity index (χ0) is 9.80. The third-order valence-electron chi connectivity index (χ3n) is 2.73. The fourth-order valence-electron chi connectivity index (χ4n) is 1.89. The third-order valence-corrected chi connectivity index (χ3v) is 4.38. The predicted molar refractivity (Wildman–Crippen MR) is 64.6 cm³/mol. The highest BCUT2D eigenvalue weighted by Gasteiger charge is 2.21. The summed E-state index contributed by atoms with van der Waals surface area (Å²) >= 11 is 7.16. The maximum Gasteiger partial charge on any atom is 0.138 e. The summed E-state index contributed by atoms with van der Waals surface area (Å²) in [6.07, 6.45) is 6.27. The Bertz CT molecular complexity index is 198. The summed E-state index contributed by atoms with van der Waals surface area (Å²) in [6, 6.07) is 0. The minimum absolute atomic E-state index is 0.330. The summed E-state index contributed by atoms with van der Waals surface area (Å²) in [5.41, 5.74) is 0.330. The largest absolute Gasteiger partial charge is 0.367 e. The number of likely N-dealkylation sites (tertiary alicyclic amines) is 1. The maximum atomic E-state index is 5.66. The highest BCUT2D eigenvalue weighted by Crippen LogP contribution is 2.27. The van der Waals surface area contributed by atoms with Gasteiger partial charge in [-0.25, -0.2) is 0 Å². The number of hydrogen-bond acceptors (Lipinski definition) is 3. The SMILES string of the molecule is S=C(S[C@@H]1CCCCO1)N1CCCC1. The van der Waals surface area contributed by atoms with Crippen molar-refractivity contribution in [1.29, 1.82) is 0 Å². The first kappa shape index (κ1) is 10.7. The van der Waals surface area contributed by atoms with E-state index in [4.69, 9.17) is 17.0 Å². The van der Waals surface area contributed by atoms with Crippen LogP contribution < -0.4 is 0 Å². The van der Waals surface area contributed by atoms with E-state index in [1.165, 1.54) is 32.1 Å². The molecular formula is C10H17NOS2. The van der Waals surface area contributed by atoms with Crippen molar-refractivity contribution < 1.29 is 4.74 Å². The van der Waals surface area contributed by atoms with E-state index >= 15 is 0 Å². The number of nitrogens with zero attached hydrogens (tertiary/aromatic N) is 1. The third kappa shape index (κ3) is 2.84. The van der Waals surface area contributed by atoms with Gasteiger partial charge in [-0.2, -0.15) is 0 Å². The van der Waals surface area contributed by atoms with E-state index in [0.717, 1.165) is 24.0 Å². The van der Waals surface area contributed by atoms with Gasteiger partial charge in [-0.3, -0.25) is 0 Å². The molecule has 0 unspecified atom stereocenters. The molecule has 0 saturated carbocycles. The number of ether oxygens (including phenoxy) is 1. The Morgan fingerprint density at radius 1 is 1.21 bits per heavy atom. The average molecular weight is 231 g/mol. The van der Waals surface area contributed by atoms with Gasteiger partial charge in [0.05, 0.1) is 0 Å². The van der Waals surface area contributed by atoms with Crippen LogP contribution in [0.3, 0.4) is 0 Å². The first-order chi connectivity index (χ1) is 6.86. The molecule has 0 aliphatic carbocycles. The van der Waals surface area contributed by atoms with Crippen LogP contribution in [0.4, 0.5) is 0 Å². The van der Waals surface area contributed by atoms with Crippen LogP contribution in [-0.2, 0) is 4.74 Å². The first-order valence-corrected chi connectivity index (χ1v) is 6.72. The van der Waals surface area contributed by atoms with Crippen molar-refractivity contribution in [2.45, 2.75) is 37.5 Å². The van der Waals surface area contributed by atoms with Crippen molar-refractivity contribution in [2.75, 3.05) is 19.7 Å². The fraction of sp³-hybridized carbons (Fsp3) is 0.900. The number of thioether (sulfide) groups is 1. The summed E-state index contributed by atoms with van der Waals surface area (Å²) in [4.78, 5) is 2.32. The van der Waals surface area contributed by atoms with Crippen LogP contribution in [-0.4, -0.2) is 34.4 Å². The Morgan fingerprint density at radius 3 is 2.64 bits per heavy atom. The second kappa shape index (κ2) is 5.33. The molecule has 80 valence electrons. The normalized spacial score (nSPS) is 28.0. The molecule has 1 atom stereocenters. The molecule has 2 saturated heterocycles. The van der Waals surface area contributed by atoms with E-state index in [1.54, 1.807) is 11.8 Å². The molecular weight excluding hydrogens is 214 g/mol. The molecule has 2 rings (SSSR count). The molecule has 0 amide bonds. The molecule has 2 aliphatic rings. The van der Waals surface area contributed by atoms with Gasteiger partial charge in [0, 0.05) is 19.7 Å². The highest BCUT2D eigenvalue weighted by atomic mass is 32.2. The molecule has 0 spiro atoms. The maximum absolute atomic E-state index is 5.66. The number of rotatable bonds is 1. The Morgan fingerprint density at radius 2 is 2.00 bits per heavy atom. The number of thiocarbonyl (C=S) groups is 1. The molecule has 0 N–H and O–H groups in total. The lowest BCUT2D eigenvalue weighted by atomic mass is 10.2. The van der Waals surface area contributed by atoms with Crippen molar-refractivity contribution >= 4 is 28.3 Å². The monoisotopic (exact) mass is 231 g/mol. The quantitative estimate of drug-likeness (QED) is 0.643. The molecule has 4 heteroatoms. The van der Waals surface area contributed by atoms with Crippen LogP contribution >= 0.6 is 24.0 Å². The predicted octanol–water partition coefficient (Wildman–Crippen LogP) is 2.63. The van der Waals surface area contributed by atoms with Gasteiger partial charge in [0.2, 0.25) is 0 Å². The lowest BCUT2D eigenvalue weighted by molar-refractivity contribution is 0.0734. The zero-order valence-corrected chi connectivity index (χ0v) is 10.0. The van der Waals surface area contributed by atoms with Gasteiger partial charge < -0.3 is 9.64 Å². The fourth-order valence-corrected chi connectivity index (χ4v) is 3.40. The van der Waals surface area contributed by atoms with Gasteiger partial charge >= 0.3 is 0 Å². The van der Waals surface area contributed by atoms with E-state index in [9.17, 15) is 0 Å². The van der Waals surface area contributed by atoms with Gasteiger partial charge in [0.25, 0.3) is 0 Å². The van der Waals surface area contributed by atoms with Gasteiger partial charge in [-0.05, 0) is 32.1 Å². The minimum atomic E-state index is 0.330. The van der Waals surface area contributed by atoms with Gasteiger partial charge in [-0.1, -0.05) is 24.0 Å². The van der Waals surface area contributed by atoms with Crippen LogP contribution in [0.25, 0.3) is 0 Å². The van der Waals surface area contributed by atoms with Gasteiger partial charge in [0.15, 0.2) is 0 Å². The molecule has 0 radical (unpaired) electrons. The van der Waals surface area contributed by atoms with Crippen molar-refractivity contribution in [2.24, 2.45) is 0 Å². The molecule has 2 heterocycles. The second-order valence-electron chi connectivity index (χ2n) is 3.87. The standard InChI is InChI=1S/C10H17NOS2/c13-10(11-6-2-3-7-11)14-9-5-1-4-8-12-9/h9H,1-8H2/t9-/m1/s1. The molecule has 0 aromatic rings. The minimum Gasteiger partial charge on any atom is -0.367 e. The summed E-state index contributed by atoms with van der Waals surface area (Å²) in [7, 11) is 0. The molecule has 14 heavy (non-hydrogen) atoms.